The number of fused-ring (bicyclic) bond motifs is 1. The van der Waals surface area contributed by atoms with Gasteiger partial charge in [0.15, 0.2) is 0 Å². The molecule has 0 radical (unpaired) electrons. The molecule has 0 spiro atoms. The monoisotopic (exact) mass is 264 g/mol. The van der Waals surface area contributed by atoms with Crippen LogP contribution in [-0.2, 0) is 6.42 Å². The first kappa shape index (κ1) is 13.9. The predicted octanol–water partition coefficient (Wildman–Crippen LogP) is 2.68. The molecule has 0 aromatic heterocycles. The number of hydrogen-bond donors (Lipinski definition) is 2. The largest absolute Gasteiger partial charge is 0.314 e. The van der Waals surface area contributed by atoms with Crippen LogP contribution in [0.3, 0.4) is 0 Å². The molecule has 0 saturated carbocycles. The third-order valence-corrected chi connectivity index (χ3v) is 4.36. The highest BCUT2D eigenvalue weighted by Crippen LogP contribution is 2.36. The van der Waals surface area contributed by atoms with Crippen molar-refractivity contribution in [1.82, 2.24) is 10.6 Å². The van der Waals surface area contributed by atoms with Crippen LogP contribution in [0.2, 0.25) is 0 Å². The third-order valence-electron chi connectivity index (χ3n) is 3.04. The standard InChI is InChI=1S/C15H24N2S/c1-15(2,3)17-9-8-16-11-13-10-12-6-4-5-7-14(12)18-13/h4-7,13,16-17H,8-11H2,1-3H3. The van der Waals surface area contributed by atoms with Crippen LogP contribution < -0.4 is 10.6 Å². The summed E-state index contributed by atoms with van der Waals surface area (Å²) in [6, 6.07) is 8.77. The summed E-state index contributed by atoms with van der Waals surface area (Å²) in [5, 5.41) is 7.75. The zero-order valence-electron chi connectivity index (χ0n) is 11.6. The lowest BCUT2D eigenvalue weighted by atomic mass is 10.1. The second-order valence-electron chi connectivity index (χ2n) is 5.93. The van der Waals surface area contributed by atoms with Crippen LogP contribution in [0.15, 0.2) is 29.2 Å². The summed E-state index contributed by atoms with van der Waals surface area (Å²) in [7, 11) is 0. The fourth-order valence-electron chi connectivity index (χ4n) is 2.16. The number of rotatable bonds is 5. The van der Waals surface area contributed by atoms with Crippen LogP contribution in [-0.4, -0.2) is 30.4 Å². The van der Waals surface area contributed by atoms with Crippen molar-refractivity contribution in [2.75, 3.05) is 19.6 Å². The minimum absolute atomic E-state index is 0.222. The maximum Gasteiger partial charge on any atom is 0.0260 e. The highest BCUT2D eigenvalue weighted by Gasteiger charge is 2.20. The van der Waals surface area contributed by atoms with E-state index in [1.165, 1.54) is 16.9 Å². The van der Waals surface area contributed by atoms with Gasteiger partial charge in [-0.25, -0.2) is 0 Å². The van der Waals surface area contributed by atoms with Crippen LogP contribution >= 0.6 is 11.8 Å². The quantitative estimate of drug-likeness (QED) is 0.800. The summed E-state index contributed by atoms with van der Waals surface area (Å²) in [5.74, 6) is 0. The normalized spacial score (nSPS) is 18.9. The van der Waals surface area contributed by atoms with E-state index in [4.69, 9.17) is 0 Å². The van der Waals surface area contributed by atoms with Crippen molar-refractivity contribution >= 4 is 11.8 Å². The van der Waals surface area contributed by atoms with Gasteiger partial charge in [-0.15, -0.1) is 11.8 Å². The topological polar surface area (TPSA) is 24.1 Å². The van der Waals surface area contributed by atoms with Gasteiger partial charge in [0.05, 0.1) is 0 Å². The Labute approximate surface area is 115 Å². The molecule has 1 aliphatic rings. The maximum absolute atomic E-state index is 3.55. The summed E-state index contributed by atoms with van der Waals surface area (Å²) in [4.78, 5) is 1.47. The van der Waals surface area contributed by atoms with Crippen LogP contribution in [0.1, 0.15) is 26.3 Å². The summed E-state index contributed by atoms with van der Waals surface area (Å²) in [6.45, 7) is 9.80. The Morgan fingerprint density at radius 1 is 1.22 bits per heavy atom. The molecular formula is C15H24N2S. The van der Waals surface area contributed by atoms with E-state index in [-0.39, 0.29) is 5.54 Å². The molecule has 3 heteroatoms. The summed E-state index contributed by atoms with van der Waals surface area (Å²) in [5.41, 5.74) is 1.74. The van der Waals surface area contributed by atoms with Gasteiger partial charge in [-0.05, 0) is 38.8 Å². The fraction of sp³-hybridized carbons (Fsp3) is 0.600. The molecule has 0 amide bonds. The molecule has 0 saturated heterocycles. The van der Waals surface area contributed by atoms with E-state index >= 15 is 0 Å². The van der Waals surface area contributed by atoms with Crippen LogP contribution in [0.5, 0.6) is 0 Å². The van der Waals surface area contributed by atoms with Crippen molar-refractivity contribution < 1.29 is 0 Å². The lowest BCUT2D eigenvalue weighted by Crippen LogP contribution is -2.41. The Morgan fingerprint density at radius 3 is 2.72 bits per heavy atom. The number of thioether (sulfide) groups is 1. The minimum Gasteiger partial charge on any atom is -0.314 e. The van der Waals surface area contributed by atoms with Gasteiger partial charge in [-0.2, -0.15) is 0 Å². The molecule has 100 valence electrons. The first-order valence-electron chi connectivity index (χ1n) is 6.75. The molecule has 2 nitrogen and oxygen atoms in total. The fourth-order valence-corrected chi connectivity index (χ4v) is 3.44. The smallest absolute Gasteiger partial charge is 0.0260 e. The first-order valence-corrected chi connectivity index (χ1v) is 7.63. The molecule has 2 rings (SSSR count). The number of benzene rings is 1. The Kier molecular flexibility index (Phi) is 4.71. The van der Waals surface area contributed by atoms with Gasteiger partial charge >= 0.3 is 0 Å². The van der Waals surface area contributed by atoms with E-state index in [2.05, 4.69) is 55.7 Å². The lowest BCUT2D eigenvalue weighted by Gasteiger charge is -2.20. The predicted molar refractivity (Wildman–Crippen MR) is 80.4 cm³/mol. The van der Waals surface area contributed by atoms with Gasteiger partial charge in [-0.1, -0.05) is 18.2 Å². The Balaban J connectivity index is 1.63. The first-order chi connectivity index (χ1) is 8.54. The van der Waals surface area contributed by atoms with Crippen molar-refractivity contribution in [2.45, 2.75) is 42.9 Å². The molecule has 1 heterocycles. The van der Waals surface area contributed by atoms with E-state index in [0.29, 0.717) is 5.25 Å². The van der Waals surface area contributed by atoms with Crippen LogP contribution in [0.4, 0.5) is 0 Å². The summed E-state index contributed by atoms with van der Waals surface area (Å²) >= 11 is 2.02. The van der Waals surface area contributed by atoms with Gasteiger partial charge in [0.1, 0.15) is 0 Å². The molecule has 0 fully saturated rings. The molecule has 0 aliphatic carbocycles. The van der Waals surface area contributed by atoms with Crippen molar-refractivity contribution in [1.29, 1.82) is 0 Å². The Morgan fingerprint density at radius 2 is 2.00 bits per heavy atom. The highest BCUT2D eigenvalue weighted by atomic mass is 32.2. The van der Waals surface area contributed by atoms with Gasteiger partial charge in [-0.3, -0.25) is 0 Å². The van der Waals surface area contributed by atoms with Crippen molar-refractivity contribution in [3.8, 4) is 0 Å². The van der Waals surface area contributed by atoms with E-state index in [1.54, 1.807) is 0 Å². The van der Waals surface area contributed by atoms with E-state index in [1.807, 2.05) is 11.8 Å². The summed E-state index contributed by atoms with van der Waals surface area (Å²) in [6.07, 6.45) is 1.21. The second-order valence-corrected chi connectivity index (χ2v) is 7.27. The molecule has 1 aliphatic heterocycles. The average molecular weight is 264 g/mol. The van der Waals surface area contributed by atoms with Crippen molar-refractivity contribution in [3.05, 3.63) is 29.8 Å². The van der Waals surface area contributed by atoms with E-state index in [0.717, 1.165) is 19.6 Å². The summed E-state index contributed by atoms with van der Waals surface area (Å²) < 4.78 is 0. The maximum atomic E-state index is 3.55. The third kappa shape index (κ3) is 4.30. The van der Waals surface area contributed by atoms with Crippen LogP contribution in [0.25, 0.3) is 0 Å². The molecule has 2 N–H and O–H groups in total. The Bertz CT molecular complexity index is 359. The molecule has 0 bridgehead atoms. The van der Waals surface area contributed by atoms with Gasteiger partial charge in [0.25, 0.3) is 0 Å². The molecule has 18 heavy (non-hydrogen) atoms. The van der Waals surface area contributed by atoms with Gasteiger partial charge in [0, 0.05) is 35.3 Å². The molecular weight excluding hydrogens is 240 g/mol. The van der Waals surface area contributed by atoms with Gasteiger partial charge < -0.3 is 10.6 Å². The highest BCUT2D eigenvalue weighted by molar-refractivity contribution is 8.00. The number of hydrogen-bond acceptors (Lipinski definition) is 3. The van der Waals surface area contributed by atoms with Crippen molar-refractivity contribution in [3.63, 3.8) is 0 Å². The average Bonchev–Trinajstić information content (AvgIpc) is 2.69. The zero-order chi connectivity index (χ0) is 13.0. The molecule has 1 unspecified atom stereocenters. The Hall–Kier alpha value is -0.510. The van der Waals surface area contributed by atoms with Gasteiger partial charge in [0.2, 0.25) is 0 Å². The number of nitrogens with one attached hydrogen (secondary N) is 2. The zero-order valence-corrected chi connectivity index (χ0v) is 12.4. The second kappa shape index (κ2) is 6.09. The lowest BCUT2D eigenvalue weighted by molar-refractivity contribution is 0.422. The molecule has 1 atom stereocenters. The van der Waals surface area contributed by atoms with E-state index in [9.17, 15) is 0 Å². The van der Waals surface area contributed by atoms with Crippen LogP contribution in [0, 0.1) is 0 Å². The minimum atomic E-state index is 0.222. The van der Waals surface area contributed by atoms with E-state index < -0.39 is 0 Å². The van der Waals surface area contributed by atoms with Crippen molar-refractivity contribution in [2.24, 2.45) is 0 Å². The SMILES string of the molecule is CC(C)(C)NCCNCC1Cc2ccccc2S1. The molecule has 1 aromatic rings. The molecule has 1 aromatic carbocycles.